The molecule has 1 fully saturated rings. The molecule has 1 heterocycles. The number of hydrogen-bond donors (Lipinski definition) is 1. The van der Waals surface area contributed by atoms with Gasteiger partial charge in [0.25, 0.3) is 0 Å². The minimum atomic E-state index is -0.00676. The van der Waals surface area contributed by atoms with Gasteiger partial charge >= 0.3 is 0 Å². The summed E-state index contributed by atoms with van der Waals surface area (Å²) in [6.07, 6.45) is 1.02. The standard InChI is InChI=1S/C11H23N3O/c1-4-5-13-11(12)10-8-14(9(2)3)6-7-15-10/h9-10H,4-8H2,1-3H3,(H2,12,13). The number of morpholine rings is 1. The zero-order valence-electron chi connectivity index (χ0n) is 10.1. The monoisotopic (exact) mass is 213 g/mol. The van der Waals surface area contributed by atoms with E-state index < -0.39 is 0 Å². The Morgan fingerprint density at radius 3 is 2.93 bits per heavy atom. The van der Waals surface area contributed by atoms with Crippen LogP contribution >= 0.6 is 0 Å². The zero-order valence-corrected chi connectivity index (χ0v) is 10.1. The third-order valence-electron chi connectivity index (χ3n) is 2.68. The Kier molecular flexibility index (Phi) is 5.05. The fourth-order valence-electron chi connectivity index (χ4n) is 1.66. The van der Waals surface area contributed by atoms with E-state index in [2.05, 4.69) is 30.7 Å². The summed E-state index contributed by atoms with van der Waals surface area (Å²) < 4.78 is 5.62. The minimum Gasteiger partial charge on any atom is -0.385 e. The van der Waals surface area contributed by atoms with Crippen molar-refractivity contribution in [1.82, 2.24) is 4.90 Å². The van der Waals surface area contributed by atoms with Crippen LogP contribution in [0.5, 0.6) is 0 Å². The Morgan fingerprint density at radius 1 is 1.60 bits per heavy atom. The topological polar surface area (TPSA) is 50.8 Å². The van der Waals surface area contributed by atoms with Gasteiger partial charge in [0.1, 0.15) is 11.9 Å². The number of nitrogens with zero attached hydrogens (tertiary/aromatic N) is 2. The Labute approximate surface area is 92.5 Å². The molecular weight excluding hydrogens is 190 g/mol. The van der Waals surface area contributed by atoms with Gasteiger partial charge in [-0.1, -0.05) is 6.92 Å². The van der Waals surface area contributed by atoms with E-state index in [1.54, 1.807) is 0 Å². The van der Waals surface area contributed by atoms with Crippen molar-refractivity contribution in [1.29, 1.82) is 0 Å². The van der Waals surface area contributed by atoms with Gasteiger partial charge in [0.2, 0.25) is 0 Å². The highest BCUT2D eigenvalue weighted by Crippen LogP contribution is 2.08. The molecular formula is C11H23N3O. The van der Waals surface area contributed by atoms with E-state index in [4.69, 9.17) is 10.5 Å². The van der Waals surface area contributed by atoms with Gasteiger partial charge in [-0.2, -0.15) is 0 Å². The maximum absolute atomic E-state index is 5.90. The molecule has 0 aromatic carbocycles. The summed E-state index contributed by atoms with van der Waals surface area (Å²) in [5.41, 5.74) is 5.90. The Hall–Kier alpha value is -0.610. The molecule has 0 spiro atoms. The maximum atomic E-state index is 5.90. The van der Waals surface area contributed by atoms with Crippen molar-refractivity contribution in [3.8, 4) is 0 Å². The molecule has 0 radical (unpaired) electrons. The Bertz CT molecular complexity index is 216. The Morgan fingerprint density at radius 2 is 2.33 bits per heavy atom. The molecule has 88 valence electrons. The molecule has 0 aromatic rings. The summed E-state index contributed by atoms with van der Waals surface area (Å²) in [5, 5.41) is 0. The fourth-order valence-corrected chi connectivity index (χ4v) is 1.66. The van der Waals surface area contributed by atoms with Crippen molar-refractivity contribution in [2.24, 2.45) is 10.7 Å². The van der Waals surface area contributed by atoms with Crippen LogP contribution in [0.1, 0.15) is 27.2 Å². The van der Waals surface area contributed by atoms with Crippen molar-refractivity contribution < 1.29 is 4.74 Å². The first kappa shape index (κ1) is 12.5. The number of nitrogens with two attached hydrogens (primary N) is 1. The first-order valence-corrected chi connectivity index (χ1v) is 5.80. The van der Waals surface area contributed by atoms with Gasteiger partial charge in [-0.25, -0.2) is 0 Å². The summed E-state index contributed by atoms with van der Waals surface area (Å²) in [6.45, 7) is 9.91. The molecule has 4 nitrogen and oxygen atoms in total. The predicted octanol–water partition coefficient (Wildman–Crippen LogP) is 0.863. The molecule has 1 aliphatic heterocycles. The minimum absolute atomic E-state index is 0.00676. The van der Waals surface area contributed by atoms with Gasteiger partial charge in [-0.15, -0.1) is 0 Å². The third-order valence-corrected chi connectivity index (χ3v) is 2.68. The lowest BCUT2D eigenvalue weighted by molar-refractivity contribution is -0.00616. The van der Waals surface area contributed by atoms with Gasteiger partial charge in [0, 0.05) is 25.7 Å². The smallest absolute Gasteiger partial charge is 0.127 e. The van der Waals surface area contributed by atoms with Crippen molar-refractivity contribution in [2.75, 3.05) is 26.2 Å². The highest BCUT2D eigenvalue weighted by Gasteiger charge is 2.24. The molecule has 4 heteroatoms. The Balaban J connectivity index is 2.48. The molecule has 1 saturated heterocycles. The van der Waals surface area contributed by atoms with Crippen LogP contribution < -0.4 is 5.73 Å². The number of amidine groups is 1. The number of aliphatic imine (C=N–C) groups is 1. The zero-order chi connectivity index (χ0) is 11.3. The van der Waals surface area contributed by atoms with Crippen LogP contribution in [0, 0.1) is 0 Å². The van der Waals surface area contributed by atoms with Crippen LogP contribution in [0.25, 0.3) is 0 Å². The van der Waals surface area contributed by atoms with Crippen LogP contribution in [0.2, 0.25) is 0 Å². The van der Waals surface area contributed by atoms with Crippen LogP contribution in [-0.2, 0) is 4.74 Å². The normalized spacial score (nSPS) is 24.8. The van der Waals surface area contributed by atoms with Gasteiger partial charge < -0.3 is 10.5 Å². The van der Waals surface area contributed by atoms with Crippen LogP contribution in [-0.4, -0.2) is 49.1 Å². The van der Waals surface area contributed by atoms with Crippen molar-refractivity contribution in [3.05, 3.63) is 0 Å². The lowest BCUT2D eigenvalue weighted by Gasteiger charge is -2.35. The largest absolute Gasteiger partial charge is 0.385 e. The molecule has 0 saturated carbocycles. The van der Waals surface area contributed by atoms with E-state index in [9.17, 15) is 0 Å². The van der Waals surface area contributed by atoms with E-state index in [1.165, 1.54) is 0 Å². The molecule has 0 amide bonds. The molecule has 1 unspecified atom stereocenters. The van der Waals surface area contributed by atoms with E-state index in [0.717, 1.165) is 32.7 Å². The summed E-state index contributed by atoms with van der Waals surface area (Å²) in [4.78, 5) is 6.68. The summed E-state index contributed by atoms with van der Waals surface area (Å²) >= 11 is 0. The SMILES string of the molecule is CCCN=C(N)C1CN(C(C)C)CCO1. The van der Waals surface area contributed by atoms with Crippen molar-refractivity contribution >= 4 is 5.84 Å². The van der Waals surface area contributed by atoms with Gasteiger partial charge in [0.05, 0.1) is 6.61 Å². The third kappa shape index (κ3) is 3.80. The molecule has 15 heavy (non-hydrogen) atoms. The van der Waals surface area contributed by atoms with E-state index in [0.29, 0.717) is 11.9 Å². The molecule has 1 rings (SSSR count). The lowest BCUT2D eigenvalue weighted by atomic mass is 10.2. The first-order valence-electron chi connectivity index (χ1n) is 5.80. The second kappa shape index (κ2) is 6.08. The average molecular weight is 213 g/mol. The summed E-state index contributed by atoms with van der Waals surface area (Å²) in [5.74, 6) is 0.655. The van der Waals surface area contributed by atoms with E-state index >= 15 is 0 Å². The number of hydrogen-bond acceptors (Lipinski definition) is 3. The first-order chi connectivity index (χ1) is 7.15. The second-order valence-corrected chi connectivity index (χ2v) is 4.25. The lowest BCUT2D eigenvalue weighted by Crippen LogP contribution is -2.50. The van der Waals surface area contributed by atoms with Crippen LogP contribution in [0.15, 0.2) is 4.99 Å². The highest BCUT2D eigenvalue weighted by atomic mass is 16.5. The maximum Gasteiger partial charge on any atom is 0.127 e. The quantitative estimate of drug-likeness (QED) is 0.557. The van der Waals surface area contributed by atoms with Gasteiger partial charge in [-0.05, 0) is 20.3 Å². The van der Waals surface area contributed by atoms with Crippen LogP contribution in [0.3, 0.4) is 0 Å². The molecule has 0 aliphatic carbocycles. The van der Waals surface area contributed by atoms with Crippen molar-refractivity contribution in [2.45, 2.75) is 39.3 Å². The molecule has 1 atom stereocenters. The number of ether oxygens (including phenoxy) is 1. The molecule has 2 N–H and O–H groups in total. The van der Waals surface area contributed by atoms with E-state index in [1.807, 2.05) is 0 Å². The number of rotatable bonds is 4. The van der Waals surface area contributed by atoms with E-state index in [-0.39, 0.29) is 6.10 Å². The summed E-state index contributed by atoms with van der Waals surface area (Å²) in [7, 11) is 0. The second-order valence-electron chi connectivity index (χ2n) is 4.25. The molecule has 0 aromatic heterocycles. The van der Waals surface area contributed by atoms with Crippen LogP contribution in [0.4, 0.5) is 0 Å². The fraction of sp³-hybridized carbons (Fsp3) is 0.909. The predicted molar refractivity (Wildman–Crippen MR) is 63.2 cm³/mol. The van der Waals surface area contributed by atoms with Crippen molar-refractivity contribution in [3.63, 3.8) is 0 Å². The molecule has 0 bridgehead atoms. The summed E-state index contributed by atoms with van der Waals surface area (Å²) in [6, 6.07) is 0.551. The molecule has 1 aliphatic rings. The average Bonchev–Trinajstić information content (AvgIpc) is 2.26. The van der Waals surface area contributed by atoms with Gasteiger partial charge in [0.15, 0.2) is 0 Å². The van der Waals surface area contributed by atoms with Gasteiger partial charge in [-0.3, -0.25) is 9.89 Å². The highest BCUT2D eigenvalue weighted by molar-refractivity contribution is 5.85.